The zero-order chi connectivity index (χ0) is 19.9. The molecular formula is C18H18ClN5O4. The van der Waals surface area contributed by atoms with Gasteiger partial charge in [-0.1, -0.05) is 28.9 Å². The summed E-state index contributed by atoms with van der Waals surface area (Å²) in [6.45, 7) is 2.25. The minimum Gasteiger partial charge on any atom is -0.493 e. The van der Waals surface area contributed by atoms with Crippen molar-refractivity contribution in [3.8, 4) is 17.1 Å². The normalized spacial score (nSPS) is 10.5. The molecule has 0 aliphatic heterocycles. The molecule has 0 bridgehead atoms. The number of halogens is 1. The van der Waals surface area contributed by atoms with Crippen LogP contribution < -0.4 is 9.64 Å². The van der Waals surface area contributed by atoms with E-state index in [1.165, 1.54) is 0 Å². The van der Waals surface area contributed by atoms with Crippen LogP contribution in [0.1, 0.15) is 12.8 Å². The Balaban J connectivity index is 1.57. The van der Waals surface area contributed by atoms with E-state index in [2.05, 4.69) is 20.3 Å². The van der Waals surface area contributed by atoms with Gasteiger partial charge in [0.1, 0.15) is 12.3 Å². The average molecular weight is 404 g/mol. The van der Waals surface area contributed by atoms with Crippen LogP contribution in [0.3, 0.4) is 0 Å². The lowest BCUT2D eigenvalue weighted by Crippen LogP contribution is -2.27. The van der Waals surface area contributed by atoms with E-state index in [0.29, 0.717) is 29.6 Å². The molecule has 0 saturated heterocycles. The highest BCUT2D eigenvalue weighted by Gasteiger charge is 2.16. The van der Waals surface area contributed by atoms with Gasteiger partial charge < -0.3 is 18.9 Å². The molecule has 0 saturated carbocycles. The summed E-state index contributed by atoms with van der Waals surface area (Å²) in [7, 11) is 1.69. The number of aromatic nitrogens is 4. The average Bonchev–Trinajstić information content (AvgIpc) is 3.16. The van der Waals surface area contributed by atoms with Crippen LogP contribution in [0, 0.1) is 0 Å². The number of hydrogen-bond donors (Lipinski definition) is 0. The summed E-state index contributed by atoms with van der Waals surface area (Å²) < 4.78 is 15.9. The van der Waals surface area contributed by atoms with Crippen molar-refractivity contribution in [2.45, 2.75) is 13.5 Å². The maximum absolute atomic E-state index is 12.0. The minimum absolute atomic E-state index is 0.0233. The molecule has 0 spiro atoms. The number of para-hydroxylation sites is 1. The van der Waals surface area contributed by atoms with Crippen LogP contribution in [-0.2, 0) is 16.1 Å². The summed E-state index contributed by atoms with van der Waals surface area (Å²) in [5.74, 6) is 1.22. The van der Waals surface area contributed by atoms with Crippen molar-refractivity contribution in [1.29, 1.82) is 0 Å². The number of carbonyl (C=O) groups excluding carboxylic acids is 1. The van der Waals surface area contributed by atoms with Crippen molar-refractivity contribution in [1.82, 2.24) is 20.3 Å². The molecule has 0 radical (unpaired) electrons. The predicted molar refractivity (Wildman–Crippen MR) is 101 cm³/mol. The third kappa shape index (κ3) is 4.95. The number of carbonyl (C=O) groups is 1. The van der Waals surface area contributed by atoms with E-state index in [4.69, 9.17) is 25.6 Å². The quantitative estimate of drug-likeness (QED) is 0.525. The molecule has 0 N–H and O–H groups in total. The molecule has 146 valence electrons. The number of rotatable bonds is 8. The maximum Gasteiger partial charge on any atom is 0.326 e. The fraction of sp³-hybridized carbons (Fsp3) is 0.278. The summed E-state index contributed by atoms with van der Waals surface area (Å²) in [4.78, 5) is 17.9. The van der Waals surface area contributed by atoms with E-state index in [1.807, 2.05) is 31.2 Å². The van der Waals surface area contributed by atoms with E-state index >= 15 is 0 Å². The lowest BCUT2D eigenvalue weighted by atomic mass is 10.2. The minimum atomic E-state index is -0.478. The van der Waals surface area contributed by atoms with Gasteiger partial charge in [0.25, 0.3) is 5.89 Å². The van der Waals surface area contributed by atoms with Crippen molar-refractivity contribution in [3.05, 3.63) is 47.4 Å². The first-order valence-electron chi connectivity index (χ1n) is 8.47. The van der Waals surface area contributed by atoms with Crippen LogP contribution in [0.5, 0.6) is 5.75 Å². The third-order valence-electron chi connectivity index (χ3n) is 3.63. The fourth-order valence-corrected chi connectivity index (χ4v) is 2.43. The highest BCUT2D eigenvalue weighted by molar-refractivity contribution is 6.29. The Kier molecular flexibility index (Phi) is 6.38. The molecule has 0 aliphatic carbocycles. The Morgan fingerprint density at radius 1 is 1.21 bits per heavy atom. The summed E-state index contributed by atoms with van der Waals surface area (Å²) in [5.41, 5.74) is 0.701. The summed E-state index contributed by atoms with van der Waals surface area (Å²) in [5, 5.41) is 11.8. The predicted octanol–water partition coefficient (Wildman–Crippen LogP) is 2.76. The lowest BCUT2D eigenvalue weighted by Gasteiger charge is -2.15. The number of esters is 1. The van der Waals surface area contributed by atoms with Crippen LogP contribution in [0.15, 0.2) is 40.9 Å². The molecule has 28 heavy (non-hydrogen) atoms. The van der Waals surface area contributed by atoms with Crippen LogP contribution in [0.25, 0.3) is 11.4 Å². The Bertz CT molecular complexity index is 932. The van der Waals surface area contributed by atoms with Crippen LogP contribution in [-0.4, -0.2) is 46.5 Å². The molecule has 0 unspecified atom stereocenters. The van der Waals surface area contributed by atoms with Crippen LogP contribution in [0.4, 0.5) is 5.82 Å². The van der Waals surface area contributed by atoms with Crippen molar-refractivity contribution in [2.24, 2.45) is 0 Å². The van der Waals surface area contributed by atoms with Crippen LogP contribution >= 0.6 is 11.6 Å². The summed E-state index contributed by atoms with van der Waals surface area (Å²) in [6.07, 6.45) is 0. The van der Waals surface area contributed by atoms with Gasteiger partial charge >= 0.3 is 5.97 Å². The first-order chi connectivity index (χ1) is 13.6. The first kappa shape index (κ1) is 19.6. The molecule has 2 aromatic heterocycles. The van der Waals surface area contributed by atoms with Crippen molar-refractivity contribution >= 4 is 23.4 Å². The molecule has 3 rings (SSSR count). The Morgan fingerprint density at radius 2 is 2.04 bits per heavy atom. The van der Waals surface area contributed by atoms with Crippen molar-refractivity contribution in [3.63, 3.8) is 0 Å². The number of hydrogen-bond acceptors (Lipinski definition) is 9. The Labute approximate surface area is 166 Å². The number of likely N-dealkylation sites (N-methyl/N-ethyl adjacent to an activating group) is 1. The second kappa shape index (κ2) is 9.14. The highest BCUT2D eigenvalue weighted by Crippen LogP contribution is 2.27. The number of anilines is 1. The van der Waals surface area contributed by atoms with Crippen molar-refractivity contribution in [2.75, 3.05) is 25.1 Å². The molecule has 3 aromatic rings. The number of benzene rings is 1. The van der Waals surface area contributed by atoms with Gasteiger partial charge in [-0.25, -0.2) is 0 Å². The highest BCUT2D eigenvalue weighted by atomic mass is 35.5. The van der Waals surface area contributed by atoms with Gasteiger partial charge in [0.05, 0.1) is 12.2 Å². The number of nitrogens with zero attached hydrogens (tertiary/aromatic N) is 5. The molecule has 0 amide bonds. The smallest absolute Gasteiger partial charge is 0.326 e. The largest absolute Gasteiger partial charge is 0.493 e. The van der Waals surface area contributed by atoms with E-state index in [0.717, 1.165) is 0 Å². The van der Waals surface area contributed by atoms with Crippen molar-refractivity contribution < 1.29 is 18.8 Å². The zero-order valence-electron chi connectivity index (χ0n) is 15.3. The monoisotopic (exact) mass is 403 g/mol. The summed E-state index contributed by atoms with van der Waals surface area (Å²) in [6, 6.07) is 10.6. The third-order valence-corrected chi connectivity index (χ3v) is 3.83. The summed E-state index contributed by atoms with van der Waals surface area (Å²) >= 11 is 5.70. The zero-order valence-corrected chi connectivity index (χ0v) is 16.1. The second-order valence-corrected chi connectivity index (χ2v) is 6.06. The molecule has 0 fully saturated rings. The second-order valence-electron chi connectivity index (χ2n) is 5.67. The van der Waals surface area contributed by atoms with E-state index < -0.39 is 5.97 Å². The van der Waals surface area contributed by atoms with Gasteiger partial charge in [0.2, 0.25) is 5.82 Å². The lowest BCUT2D eigenvalue weighted by molar-refractivity contribution is -0.144. The molecule has 2 heterocycles. The topological polar surface area (TPSA) is 103 Å². The fourth-order valence-electron chi connectivity index (χ4n) is 2.33. The van der Waals surface area contributed by atoms with Gasteiger partial charge in [-0.15, -0.1) is 10.2 Å². The van der Waals surface area contributed by atoms with Gasteiger partial charge in [0, 0.05) is 7.05 Å². The molecule has 10 heteroatoms. The maximum atomic E-state index is 12.0. The van der Waals surface area contributed by atoms with E-state index in [1.54, 1.807) is 24.1 Å². The van der Waals surface area contributed by atoms with Crippen LogP contribution in [0.2, 0.25) is 5.15 Å². The Morgan fingerprint density at radius 3 is 2.79 bits per heavy atom. The SMILES string of the molecule is CCOc1ccccc1-c1noc(COC(=O)CN(C)c2ccc(Cl)nn2)n1. The molecule has 1 aromatic carbocycles. The van der Waals surface area contributed by atoms with Gasteiger partial charge in [-0.2, -0.15) is 4.98 Å². The first-order valence-corrected chi connectivity index (χ1v) is 8.85. The van der Waals surface area contributed by atoms with Gasteiger partial charge in [-0.05, 0) is 31.2 Å². The Hall–Kier alpha value is -3.20. The van der Waals surface area contributed by atoms with E-state index in [9.17, 15) is 4.79 Å². The molecular weight excluding hydrogens is 386 g/mol. The van der Waals surface area contributed by atoms with Gasteiger partial charge in [-0.3, -0.25) is 4.79 Å². The van der Waals surface area contributed by atoms with Gasteiger partial charge in [0.15, 0.2) is 17.6 Å². The molecule has 0 atom stereocenters. The number of ether oxygens (including phenoxy) is 2. The molecule has 0 aliphatic rings. The molecule has 9 nitrogen and oxygen atoms in total. The standard InChI is InChI=1S/C18H18ClN5O4/c1-3-26-13-7-5-4-6-12(13)18-20-16(28-23-18)11-27-17(25)10-24(2)15-9-8-14(19)21-22-15/h4-9H,3,10-11H2,1-2H3. The van der Waals surface area contributed by atoms with E-state index in [-0.39, 0.29) is 24.2 Å².